The average molecular weight is 414 g/mol. The first-order valence-corrected chi connectivity index (χ1v) is 10.3. The number of carbonyl (C=O) groups excluding carboxylic acids is 2. The minimum absolute atomic E-state index is 0.0218. The molecule has 0 atom stereocenters. The number of amides is 1. The molecule has 0 spiro atoms. The van der Waals surface area contributed by atoms with Gasteiger partial charge in [-0.1, -0.05) is 51.3 Å². The third-order valence-corrected chi connectivity index (χ3v) is 4.73. The molecule has 0 unspecified atom stereocenters. The number of benzene rings is 2. The zero-order valence-corrected chi connectivity index (χ0v) is 17.9. The Morgan fingerprint density at radius 2 is 1.80 bits per heavy atom. The molecule has 2 aromatic carbocycles. The lowest BCUT2D eigenvalue weighted by Crippen LogP contribution is -2.22. The molecule has 0 radical (unpaired) electrons. The maximum absolute atomic E-state index is 12.3. The van der Waals surface area contributed by atoms with Crippen molar-refractivity contribution in [1.29, 1.82) is 0 Å². The fourth-order valence-corrected chi connectivity index (χ4v) is 3.01. The molecule has 1 amide bonds. The quantitative estimate of drug-likeness (QED) is 0.313. The van der Waals surface area contributed by atoms with Gasteiger partial charge in [0.2, 0.25) is 5.91 Å². The molecule has 2 rings (SSSR count). The predicted molar refractivity (Wildman–Crippen MR) is 116 cm³/mol. The van der Waals surface area contributed by atoms with Crippen LogP contribution < -0.4 is 14.8 Å². The van der Waals surface area contributed by atoms with E-state index in [2.05, 4.69) is 19.2 Å². The van der Waals surface area contributed by atoms with Crippen molar-refractivity contribution in [3.05, 3.63) is 53.6 Å². The molecule has 0 heterocycles. The van der Waals surface area contributed by atoms with E-state index in [1.165, 1.54) is 25.7 Å². The Morgan fingerprint density at radius 1 is 1.03 bits per heavy atom. The van der Waals surface area contributed by atoms with Gasteiger partial charge in [-0.2, -0.15) is 0 Å². The van der Waals surface area contributed by atoms with Gasteiger partial charge in [0.15, 0.2) is 11.5 Å². The minimum Gasteiger partial charge on any atom is -0.507 e. The molecule has 6 nitrogen and oxygen atoms in total. The lowest BCUT2D eigenvalue weighted by Gasteiger charge is -2.12. The van der Waals surface area contributed by atoms with Crippen LogP contribution in [0.5, 0.6) is 17.2 Å². The number of aromatic hydroxyl groups is 1. The van der Waals surface area contributed by atoms with Gasteiger partial charge >= 0.3 is 5.97 Å². The highest BCUT2D eigenvalue weighted by molar-refractivity contribution is 5.94. The van der Waals surface area contributed by atoms with Gasteiger partial charge in [0, 0.05) is 13.0 Å². The maximum Gasteiger partial charge on any atom is 0.347 e. The number of methoxy groups -OCH3 is 1. The molecule has 0 saturated carbocycles. The lowest BCUT2D eigenvalue weighted by molar-refractivity contribution is -0.121. The first-order valence-electron chi connectivity index (χ1n) is 10.3. The van der Waals surface area contributed by atoms with Crippen LogP contribution in [0.25, 0.3) is 0 Å². The zero-order valence-electron chi connectivity index (χ0n) is 17.9. The van der Waals surface area contributed by atoms with E-state index in [0.29, 0.717) is 24.6 Å². The third-order valence-electron chi connectivity index (χ3n) is 4.73. The number of rotatable bonds is 11. The van der Waals surface area contributed by atoms with E-state index in [1.54, 1.807) is 30.3 Å². The van der Waals surface area contributed by atoms with Crippen LogP contribution in [0.4, 0.5) is 0 Å². The standard InChI is InChI=1S/C24H31NO5/c1-17(2)9-5-4-6-12-23(27)25-16-18-13-14-21(22(15-18)29-3)30-24(28)19-10-7-8-11-20(19)26/h7-8,10-11,13-15,17,26H,4-6,9,12,16H2,1-3H3,(H,25,27). The first-order chi connectivity index (χ1) is 14.4. The minimum atomic E-state index is -0.676. The number of carbonyl (C=O) groups is 2. The highest BCUT2D eigenvalue weighted by Gasteiger charge is 2.16. The van der Waals surface area contributed by atoms with E-state index in [1.807, 2.05) is 0 Å². The number of phenols is 1. The molecule has 0 aliphatic carbocycles. The van der Waals surface area contributed by atoms with Gasteiger partial charge in [-0.15, -0.1) is 0 Å². The van der Waals surface area contributed by atoms with Crippen molar-refractivity contribution >= 4 is 11.9 Å². The molecule has 30 heavy (non-hydrogen) atoms. The van der Waals surface area contributed by atoms with Crippen LogP contribution in [-0.4, -0.2) is 24.1 Å². The van der Waals surface area contributed by atoms with Gasteiger partial charge in [0.05, 0.1) is 7.11 Å². The Morgan fingerprint density at radius 3 is 2.50 bits per heavy atom. The average Bonchev–Trinajstić information content (AvgIpc) is 2.72. The van der Waals surface area contributed by atoms with Crippen molar-refractivity contribution in [3.63, 3.8) is 0 Å². The Kier molecular flexibility index (Phi) is 9.19. The Balaban J connectivity index is 1.87. The second kappa shape index (κ2) is 11.9. The van der Waals surface area contributed by atoms with Gasteiger partial charge < -0.3 is 19.9 Å². The number of para-hydroxylation sites is 1. The molecule has 0 aliphatic rings. The van der Waals surface area contributed by atoms with Crippen LogP contribution in [0, 0.1) is 5.92 Å². The predicted octanol–water partition coefficient (Wildman–Crippen LogP) is 4.84. The lowest BCUT2D eigenvalue weighted by atomic mass is 10.0. The van der Waals surface area contributed by atoms with Gasteiger partial charge in [0.25, 0.3) is 0 Å². The molecular formula is C24H31NO5. The van der Waals surface area contributed by atoms with Crippen LogP contribution >= 0.6 is 0 Å². The monoisotopic (exact) mass is 413 g/mol. The second-order valence-corrected chi connectivity index (χ2v) is 7.66. The summed E-state index contributed by atoms with van der Waals surface area (Å²) in [4.78, 5) is 24.3. The molecule has 0 aromatic heterocycles. The fraction of sp³-hybridized carbons (Fsp3) is 0.417. The summed E-state index contributed by atoms with van der Waals surface area (Å²) in [6, 6.07) is 11.3. The highest BCUT2D eigenvalue weighted by atomic mass is 16.6. The van der Waals surface area contributed by atoms with E-state index in [9.17, 15) is 14.7 Å². The summed E-state index contributed by atoms with van der Waals surface area (Å²) in [6.45, 7) is 4.78. The molecule has 2 aromatic rings. The van der Waals surface area contributed by atoms with Crippen LogP contribution in [0.3, 0.4) is 0 Å². The molecule has 0 aliphatic heterocycles. The van der Waals surface area contributed by atoms with Crippen LogP contribution in [-0.2, 0) is 11.3 Å². The summed E-state index contributed by atoms with van der Waals surface area (Å²) < 4.78 is 10.7. The van der Waals surface area contributed by atoms with Crippen molar-refractivity contribution < 1.29 is 24.2 Å². The molecule has 0 bridgehead atoms. The van der Waals surface area contributed by atoms with E-state index >= 15 is 0 Å². The molecular weight excluding hydrogens is 382 g/mol. The van der Waals surface area contributed by atoms with Crippen molar-refractivity contribution in [2.75, 3.05) is 7.11 Å². The summed E-state index contributed by atoms with van der Waals surface area (Å²) in [7, 11) is 1.48. The third kappa shape index (κ3) is 7.43. The first kappa shape index (κ1) is 23.3. The number of nitrogens with one attached hydrogen (secondary N) is 1. The molecule has 0 fully saturated rings. The van der Waals surface area contributed by atoms with Gasteiger partial charge in [0.1, 0.15) is 11.3 Å². The highest BCUT2D eigenvalue weighted by Crippen LogP contribution is 2.29. The zero-order chi connectivity index (χ0) is 21.9. The number of hydrogen-bond donors (Lipinski definition) is 2. The summed E-state index contributed by atoms with van der Waals surface area (Å²) in [5.74, 6) is 0.517. The number of esters is 1. The maximum atomic E-state index is 12.3. The van der Waals surface area contributed by atoms with Crippen LogP contribution in [0.2, 0.25) is 0 Å². The second-order valence-electron chi connectivity index (χ2n) is 7.66. The Hall–Kier alpha value is -3.02. The Labute approximate surface area is 178 Å². The largest absolute Gasteiger partial charge is 0.507 e. The molecule has 0 saturated heterocycles. The summed E-state index contributed by atoms with van der Waals surface area (Å²) in [5, 5.41) is 12.7. The van der Waals surface area contributed by atoms with E-state index < -0.39 is 5.97 Å². The Bertz CT molecular complexity index is 847. The molecule has 2 N–H and O–H groups in total. The van der Waals surface area contributed by atoms with E-state index in [-0.39, 0.29) is 23.0 Å². The molecule has 6 heteroatoms. The normalized spacial score (nSPS) is 10.7. The molecule has 162 valence electrons. The summed E-state index contributed by atoms with van der Waals surface area (Å²) in [5.41, 5.74) is 0.909. The van der Waals surface area contributed by atoms with Crippen molar-refractivity contribution in [2.45, 2.75) is 52.5 Å². The van der Waals surface area contributed by atoms with Gasteiger partial charge in [-0.3, -0.25) is 4.79 Å². The van der Waals surface area contributed by atoms with Crippen molar-refractivity contribution in [1.82, 2.24) is 5.32 Å². The van der Waals surface area contributed by atoms with Gasteiger partial charge in [-0.25, -0.2) is 4.79 Å². The van der Waals surface area contributed by atoms with E-state index in [4.69, 9.17) is 9.47 Å². The number of ether oxygens (including phenoxy) is 2. The van der Waals surface area contributed by atoms with Gasteiger partial charge in [-0.05, 0) is 42.2 Å². The van der Waals surface area contributed by atoms with Crippen LogP contribution in [0.1, 0.15) is 61.9 Å². The fourth-order valence-electron chi connectivity index (χ4n) is 3.01. The van der Waals surface area contributed by atoms with Crippen molar-refractivity contribution in [3.8, 4) is 17.2 Å². The van der Waals surface area contributed by atoms with Crippen LogP contribution in [0.15, 0.2) is 42.5 Å². The number of hydrogen-bond acceptors (Lipinski definition) is 5. The topological polar surface area (TPSA) is 84.9 Å². The van der Waals surface area contributed by atoms with E-state index in [0.717, 1.165) is 24.8 Å². The summed E-state index contributed by atoms with van der Waals surface area (Å²) >= 11 is 0. The summed E-state index contributed by atoms with van der Waals surface area (Å²) in [6.07, 6.45) is 4.83. The SMILES string of the molecule is COc1cc(CNC(=O)CCCCCC(C)C)ccc1OC(=O)c1ccccc1O. The smallest absolute Gasteiger partial charge is 0.347 e. The number of unbranched alkanes of at least 4 members (excludes halogenated alkanes) is 2. The van der Waals surface area contributed by atoms with Crippen molar-refractivity contribution in [2.24, 2.45) is 5.92 Å². The number of phenolic OH excluding ortho intramolecular Hbond substituents is 1.